The predicted molar refractivity (Wildman–Crippen MR) is 90.6 cm³/mol. The normalized spacial score (nSPS) is 10.7. The molecule has 0 saturated carbocycles. The molecule has 0 saturated heterocycles. The second-order valence-electron chi connectivity index (χ2n) is 5.06. The zero-order valence-corrected chi connectivity index (χ0v) is 12.9. The zero-order valence-electron chi connectivity index (χ0n) is 12.0. The highest BCUT2D eigenvalue weighted by molar-refractivity contribution is 7.10. The van der Waals surface area contributed by atoms with Crippen LogP contribution >= 0.6 is 11.3 Å². The molecule has 0 atom stereocenters. The molecule has 0 fully saturated rings. The van der Waals surface area contributed by atoms with Crippen LogP contribution in [0.3, 0.4) is 0 Å². The molecule has 0 aliphatic rings. The van der Waals surface area contributed by atoms with Crippen molar-refractivity contribution in [2.24, 2.45) is 0 Å². The number of thiazole rings is 1. The number of aryl methyl sites for hydroxylation is 1. The number of rotatable bonds is 4. The third kappa shape index (κ3) is 3.14. The summed E-state index contributed by atoms with van der Waals surface area (Å²) in [6, 6.07) is 16.6. The van der Waals surface area contributed by atoms with Crippen molar-refractivity contribution in [3.05, 3.63) is 70.0 Å². The van der Waals surface area contributed by atoms with Crippen molar-refractivity contribution < 1.29 is 0 Å². The minimum absolute atomic E-state index is 0.866. The standard InChI is InChI=1S/C18H18N2S/c1-2-14-10-13(8-9-16(14)19)11-18-20-17(12-21-18)15-6-4-3-5-7-15/h3-10,12H,2,11,19H2,1H3. The third-order valence-corrected chi connectivity index (χ3v) is 4.41. The number of nitrogens with zero attached hydrogens (tertiary/aromatic N) is 1. The lowest BCUT2D eigenvalue weighted by Gasteiger charge is -2.05. The van der Waals surface area contributed by atoms with Crippen molar-refractivity contribution >= 4 is 17.0 Å². The van der Waals surface area contributed by atoms with Gasteiger partial charge in [0.25, 0.3) is 0 Å². The number of hydrogen-bond acceptors (Lipinski definition) is 3. The van der Waals surface area contributed by atoms with Gasteiger partial charge in [0.05, 0.1) is 10.7 Å². The van der Waals surface area contributed by atoms with Crippen LogP contribution in [0, 0.1) is 0 Å². The van der Waals surface area contributed by atoms with Crippen molar-refractivity contribution in [2.45, 2.75) is 19.8 Å². The predicted octanol–water partition coefficient (Wildman–Crippen LogP) is 4.55. The molecule has 0 spiro atoms. The van der Waals surface area contributed by atoms with Crippen LogP contribution in [-0.2, 0) is 12.8 Å². The van der Waals surface area contributed by atoms with Gasteiger partial charge in [-0.05, 0) is 23.6 Å². The SMILES string of the molecule is CCc1cc(Cc2nc(-c3ccccc3)cs2)ccc1N. The van der Waals surface area contributed by atoms with Crippen LogP contribution in [0.15, 0.2) is 53.9 Å². The summed E-state index contributed by atoms with van der Waals surface area (Å²) in [5.74, 6) is 0. The minimum atomic E-state index is 0.866. The summed E-state index contributed by atoms with van der Waals surface area (Å²) in [5.41, 5.74) is 11.6. The third-order valence-electron chi connectivity index (χ3n) is 3.56. The molecule has 0 radical (unpaired) electrons. The van der Waals surface area contributed by atoms with Crippen molar-refractivity contribution in [3.63, 3.8) is 0 Å². The zero-order chi connectivity index (χ0) is 14.7. The van der Waals surface area contributed by atoms with E-state index in [-0.39, 0.29) is 0 Å². The second kappa shape index (κ2) is 6.10. The lowest BCUT2D eigenvalue weighted by molar-refractivity contribution is 1.10. The summed E-state index contributed by atoms with van der Waals surface area (Å²) in [4.78, 5) is 4.74. The summed E-state index contributed by atoms with van der Waals surface area (Å²) >= 11 is 1.71. The van der Waals surface area contributed by atoms with E-state index in [0.717, 1.165) is 29.2 Å². The van der Waals surface area contributed by atoms with E-state index in [2.05, 4.69) is 36.6 Å². The van der Waals surface area contributed by atoms with E-state index in [0.29, 0.717) is 0 Å². The van der Waals surface area contributed by atoms with E-state index >= 15 is 0 Å². The largest absolute Gasteiger partial charge is 0.399 e. The van der Waals surface area contributed by atoms with Gasteiger partial charge in [0, 0.05) is 23.1 Å². The van der Waals surface area contributed by atoms with Gasteiger partial charge >= 0.3 is 0 Å². The number of aromatic nitrogens is 1. The van der Waals surface area contributed by atoms with Crippen molar-refractivity contribution in [3.8, 4) is 11.3 Å². The van der Waals surface area contributed by atoms with Crippen LogP contribution in [0.2, 0.25) is 0 Å². The minimum Gasteiger partial charge on any atom is -0.399 e. The van der Waals surface area contributed by atoms with Gasteiger partial charge in [-0.2, -0.15) is 0 Å². The molecule has 0 aliphatic carbocycles. The molecule has 0 bridgehead atoms. The topological polar surface area (TPSA) is 38.9 Å². The van der Waals surface area contributed by atoms with E-state index in [4.69, 9.17) is 10.7 Å². The van der Waals surface area contributed by atoms with Crippen molar-refractivity contribution in [2.75, 3.05) is 5.73 Å². The Kier molecular flexibility index (Phi) is 4.02. The molecule has 1 aromatic heterocycles. The van der Waals surface area contributed by atoms with E-state index in [1.54, 1.807) is 11.3 Å². The van der Waals surface area contributed by atoms with Crippen molar-refractivity contribution in [1.29, 1.82) is 0 Å². The molecular weight excluding hydrogens is 276 g/mol. The molecule has 3 heteroatoms. The number of nitrogens with two attached hydrogens (primary N) is 1. The van der Waals surface area contributed by atoms with Crippen molar-refractivity contribution in [1.82, 2.24) is 4.98 Å². The van der Waals surface area contributed by atoms with E-state index in [9.17, 15) is 0 Å². The van der Waals surface area contributed by atoms with Gasteiger partial charge in [-0.1, -0.05) is 49.4 Å². The Bertz CT molecular complexity index is 732. The number of hydrogen-bond donors (Lipinski definition) is 1. The Balaban J connectivity index is 1.82. The summed E-state index contributed by atoms with van der Waals surface area (Å²) in [5, 5.41) is 3.27. The van der Waals surface area contributed by atoms with Gasteiger partial charge in [0.1, 0.15) is 0 Å². The van der Waals surface area contributed by atoms with Crippen LogP contribution in [-0.4, -0.2) is 4.98 Å². The number of benzene rings is 2. The van der Waals surface area contributed by atoms with E-state index < -0.39 is 0 Å². The van der Waals surface area contributed by atoms with Crippen LogP contribution < -0.4 is 5.73 Å². The highest BCUT2D eigenvalue weighted by Crippen LogP contribution is 2.24. The first kappa shape index (κ1) is 13.8. The Hall–Kier alpha value is -2.13. The summed E-state index contributed by atoms with van der Waals surface area (Å²) in [6.07, 6.45) is 1.83. The average Bonchev–Trinajstić information content (AvgIpc) is 2.98. The fraction of sp³-hybridized carbons (Fsp3) is 0.167. The molecule has 0 amide bonds. The maximum atomic E-state index is 5.96. The molecule has 2 aromatic carbocycles. The van der Waals surface area contributed by atoms with E-state index in [1.807, 2.05) is 24.3 Å². The fourth-order valence-corrected chi connectivity index (χ4v) is 3.22. The van der Waals surface area contributed by atoms with Gasteiger partial charge in [0.2, 0.25) is 0 Å². The smallest absolute Gasteiger partial charge is 0.0976 e. The Labute approximate surface area is 129 Å². The van der Waals surface area contributed by atoms with Gasteiger partial charge < -0.3 is 5.73 Å². The molecule has 3 rings (SSSR count). The molecule has 106 valence electrons. The lowest BCUT2D eigenvalue weighted by Crippen LogP contribution is -1.95. The Morgan fingerprint density at radius 2 is 1.90 bits per heavy atom. The Morgan fingerprint density at radius 1 is 1.10 bits per heavy atom. The first-order valence-electron chi connectivity index (χ1n) is 7.13. The number of anilines is 1. The molecule has 2 nitrogen and oxygen atoms in total. The van der Waals surface area contributed by atoms with Crippen LogP contribution in [0.1, 0.15) is 23.1 Å². The molecule has 0 unspecified atom stereocenters. The highest BCUT2D eigenvalue weighted by atomic mass is 32.1. The van der Waals surface area contributed by atoms with Crippen LogP contribution in [0.4, 0.5) is 5.69 Å². The summed E-state index contributed by atoms with van der Waals surface area (Å²) < 4.78 is 0. The second-order valence-corrected chi connectivity index (χ2v) is 6.00. The maximum Gasteiger partial charge on any atom is 0.0976 e. The lowest BCUT2D eigenvalue weighted by atomic mass is 10.0. The molecule has 2 N–H and O–H groups in total. The van der Waals surface area contributed by atoms with Gasteiger partial charge in [-0.3, -0.25) is 0 Å². The molecule has 1 heterocycles. The highest BCUT2D eigenvalue weighted by Gasteiger charge is 2.06. The average molecular weight is 294 g/mol. The first-order valence-corrected chi connectivity index (χ1v) is 8.01. The van der Waals surface area contributed by atoms with Crippen LogP contribution in [0.25, 0.3) is 11.3 Å². The quantitative estimate of drug-likeness (QED) is 0.717. The molecular formula is C18H18N2S. The van der Waals surface area contributed by atoms with Gasteiger partial charge in [-0.25, -0.2) is 4.98 Å². The molecule has 0 aliphatic heterocycles. The molecule has 3 aromatic rings. The fourth-order valence-electron chi connectivity index (χ4n) is 2.38. The molecule has 21 heavy (non-hydrogen) atoms. The Morgan fingerprint density at radius 3 is 2.67 bits per heavy atom. The van der Waals surface area contributed by atoms with Crippen LogP contribution in [0.5, 0.6) is 0 Å². The van der Waals surface area contributed by atoms with Gasteiger partial charge in [0.15, 0.2) is 0 Å². The summed E-state index contributed by atoms with van der Waals surface area (Å²) in [6.45, 7) is 2.13. The maximum absolute atomic E-state index is 5.96. The van der Waals surface area contributed by atoms with Gasteiger partial charge in [-0.15, -0.1) is 11.3 Å². The first-order chi connectivity index (χ1) is 10.3. The summed E-state index contributed by atoms with van der Waals surface area (Å²) in [7, 11) is 0. The van der Waals surface area contributed by atoms with E-state index in [1.165, 1.54) is 16.7 Å². The monoisotopic (exact) mass is 294 g/mol. The number of nitrogen functional groups attached to an aromatic ring is 1.